The fourth-order valence-corrected chi connectivity index (χ4v) is 3.06. The summed E-state index contributed by atoms with van der Waals surface area (Å²) in [5, 5.41) is 8.95. The molecule has 0 bridgehead atoms. The van der Waals surface area contributed by atoms with Crippen molar-refractivity contribution < 1.29 is 13.5 Å². The summed E-state index contributed by atoms with van der Waals surface area (Å²) < 4.78 is 26.7. The predicted octanol–water partition coefficient (Wildman–Crippen LogP) is 1.81. The first-order valence-electron chi connectivity index (χ1n) is 5.99. The molecule has 0 aliphatic rings. The number of aliphatic hydroxyl groups excluding tert-OH is 1. The number of pyridine rings is 1. The molecule has 7 heteroatoms. The van der Waals surface area contributed by atoms with Gasteiger partial charge in [-0.1, -0.05) is 25.4 Å². The number of hydrogen-bond donors (Lipinski definition) is 2. The molecule has 2 N–H and O–H groups in total. The standard InChI is InChI=1S/C12H19ClN2O3S/c1-12(2,5-3-7-16)9-15-19(17,18)10-4-6-14-11(13)8-10/h4,6,8,15-16H,3,5,7,9H2,1-2H3. The van der Waals surface area contributed by atoms with Crippen LogP contribution in [0.4, 0.5) is 0 Å². The third kappa shape index (κ3) is 5.44. The molecule has 0 radical (unpaired) electrons. The zero-order chi connectivity index (χ0) is 14.5. The van der Waals surface area contributed by atoms with Gasteiger partial charge in [0.2, 0.25) is 10.0 Å². The van der Waals surface area contributed by atoms with Crippen molar-refractivity contribution in [1.82, 2.24) is 9.71 Å². The van der Waals surface area contributed by atoms with E-state index in [1.807, 2.05) is 13.8 Å². The lowest BCUT2D eigenvalue weighted by Crippen LogP contribution is -2.34. The SMILES string of the molecule is CC(C)(CCCO)CNS(=O)(=O)c1ccnc(Cl)c1. The fourth-order valence-electron chi connectivity index (χ4n) is 1.57. The molecule has 0 atom stereocenters. The van der Waals surface area contributed by atoms with Gasteiger partial charge in [0.1, 0.15) is 5.15 Å². The molecule has 0 fully saturated rings. The van der Waals surface area contributed by atoms with E-state index in [0.29, 0.717) is 13.0 Å². The van der Waals surface area contributed by atoms with Gasteiger partial charge in [0, 0.05) is 19.3 Å². The third-order valence-electron chi connectivity index (χ3n) is 2.76. The van der Waals surface area contributed by atoms with Gasteiger partial charge in [0.15, 0.2) is 0 Å². The van der Waals surface area contributed by atoms with Crippen LogP contribution in [-0.4, -0.2) is 31.7 Å². The van der Waals surface area contributed by atoms with Crippen LogP contribution in [0, 0.1) is 5.41 Å². The highest BCUT2D eigenvalue weighted by atomic mass is 35.5. The van der Waals surface area contributed by atoms with Crippen molar-refractivity contribution >= 4 is 21.6 Å². The Kier molecular flexibility index (Phi) is 5.73. The van der Waals surface area contributed by atoms with E-state index in [2.05, 4.69) is 9.71 Å². The molecule has 0 aliphatic carbocycles. The van der Waals surface area contributed by atoms with E-state index in [-0.39, 0.29) is 22.1 Å². The average Bonchev–Trinajstić information content (AvgIpc) is 2.34. The van der Waals surface area contributed by atoms with Gasteiger partial charge < -0.3 is 5.11 Å². The molecule has 1 rings (SSSR count). The van der Waals surface area contributed by atoms with Gasteiger partial charge in [0.05, 0.1) is 4.90 Å². The Bertz CT molecular complexity index is 517. The average molecular weight is 307 g/mol. The minimum Gasteiger partial charge on any atom is -0.396 e. The van der Waals surface area contributed by atoms with Gasteiger partial charge >= 0.3 is 0 Å². The van der Waals surface area contributed by atoms with Crippen LogP contribution in [-0.2, 0) is 10.0 Å². The van der Waals surface area contributed by atoms with Gasteiger partial charge in [-0.2, -0.15) is 0 Å². The first kappa shape index (κ1) is 16.4. The molecule has 0 aromatic carbocycles. The summed E-state index contributed by atoms with van der Waals surface area (Å²) >= 11 is 5.68. The van der Waals surface area contributed by atoms with Gasteiger partial charge in [-0.3, -0.25) is 0 Å². The summed E-state index contributed by atoms with van der Waals surface area (Å²) in [6.45, 7) is 4.31. The molecule has 108 valence electrons. The molecule has 1 heterocycles. The van der Waals surface area contributed by atoms with E-state index in [0.717, 1.165) is 6.42 Å². The summed E-state index contributed by atoms with van der Waals surface area (Å²) in [5.41, 5.74) is -0.216. The summed E-state index contributed by atoms with van der Waals surface area (Å²) in [5.74, 6) is 0. The summed E-state index contributed by atoms with van der Waals surface area (Å²) in [6.07, 6.45) is 2.74. The van der Waals surface area contributed by atoms with E-state index in [1.165, 1.54) is 18.3 Å². The molecule has 1 aromatic heterocycles. The maximum atomic E-state index is 12.1. The maximum absolute atomic E-state index is 12.1. The number of nitrogens with one attached hydrogen (secondary N) is 1. The van der Waals surface area contributed by atoms with E-state index < -0.39 is 10.0 Å². The van der Waals surface area contributed by atoms with Crippen molar-refractivity contribution in [3.63, 3.8) is 0 Å². The molecule has 0 spiro atoms. The van der Waals surface area contributed by atoms with Crippen LogP contribution >= 0.6 is 11.6 Å². The van der Waals surface area contributed by atoms with Crippen molar-refractivity contribution in [1.29, 1.82) is 0 Å². The topological polar surface area (TPSA) is 79.3 Å². The number of aromatic nitrogens is 1. The van der Waals surface area contributed by atoms with Gasteiger partial charge in [-0.05, 0) is 30.4 Å². The van der Waals surface area contributed by atoms with E-state index in [9.17, 15) is 8.42 Å². The fraction of sp³-hybridized carbons (Fsp3) is 0.583. The largest absolute Gasteiger partial charge is 0.396 e. The molecule has 0 aliphatic heterocycles. The van der Waals surface area contributed by atoms with Crippen LogP contribution in [0.2, 0.25) is 5.15 Å². The summed E-state index contributed by atoms with van der Waals surface area (Å²) in [7, 11) is -3.58. The number of aliphatic hydroxyl groups is 1. The number of hydrogen-bond acceptors (Lipinski definition) is 4. The van der Waals surface area contributed by atoms with Gasteiger partial charge in [0.25, 0.3) is 0 Å². The lowest BCUT2D eigenvalue weighted by Gasteiger charge is -2.24. The first-order valence-corrected chi connectivity index (χ1v) is 7.85. The van der Waals surface area contributed by atoms with E-state index in [1.54, 1.807) is 0 Å². The van der Waals surface area contributed by atoms with Crippen molar-refractivity contribution in [3.05, 3.63) is 23.5 Å². The highest BCUT2D eigenvalue weighted by molar-refractivity contribution is 7.89. The van der Waals surface area contributed by atoms with E-state index in [4.69, 9.17) is 16.7 Å². The van der Waals surface area contributed by atoms with Crippen molar-refractivity contribution in [2.45, 2.75) is 31.6 Å². The second kappa shape index (κ2) is 6.65. The Balaban J connectivity index is 2.71. The molecule has 0 saturated heterocycles. The normalized spacial score (nSPS) is 12.6. The molecule has 1 aromatic rings. The van der Waals surface area contributed by atoms with Crippen molar-refractivity contribution in [2.24, 2.45) is 5.41 Å². The second-order valence-electron chi connectivity index (χ2n) is 5.13. The minimum absolute atomic E-state index is 0.102. The molecule has 5 nitrogen and oxygen atoms in total. The second-order valence-corrected chi connectivity index (χ2v) is 7.28. The highest BCUT2D eigenvalue weighted by Gasteiger charge is 2.22. The zero-order valence-electron chi connectivity index (χ0n) is 11.1. The number of nitrogens with zero attached hydrogens (tertiary/aromatic N) is 1. The van der Waals surface area contributed by atoms with Crippen LogP contribution in [0.25, 0.3) is 0 Å². The Morgan fingerprint density at radius 2 is 2.16 bits per heavy atom. The van der Waals surface area contributed by atoms with Crippen molar-refractivity contribution in [2.75, 3.05) is 13.2 Å². The summed E-state index contributed by atoms with van der Waals surface area (Å²) in [4.78, 5) is 3.85. The lowest BCUT2D eigenvalue weighted by molar-refractivity contribution is 0.242. The van der Waals surface area contributed by atoms with Crippen LogP contribution in [0.5, 0.6) is 0 Å². The Morgan fingerprint density at radius 3 is 2.74 bits per heavy atom. The molecule has 19 heavy (non-hydrogen) atoms. The van der Waals surface area contributed by atoms with Crippen LogP contribution in [0.1, 0.15) is 26.7 Å². The zero-order valence-corrected chi connectivity index (χ0v) is 12.6. The van der Waals surface area contributed by atoms with Gasteiger partial charge in [-0.25, -0.2) is 18.1 Å². The highest BCUT2D eigenvalue weighted by Crippen LogP contribution is 2.22. The van der Waals surface area contributed by atoms with E-state index >= 15 is 0 Å². The Labute approximate surface area is 119 Å². The summed E-state index contributed by atoms with van der Waals surface area (Å²) in [6, 6.07) is 2.71. The monoisotopic (exact) mass is 306 g/mol. The van der Waals surface area contributed by atoms with Crippen LogP contribution in [0.15, 0.2) is 23.2 Å². The molecule has 0 unspecified atom stereocenters. The number of halogens is 1. The Hall–Kier alpha value is -0.690. The van der Waals surface area contributed by atoms with Crippen LogP contribution in [0.3, 0.4) is 0 Å². The first-order chi connectivity index (χ1) is 8.77. The lowest BCUT2D eigenvalue weighted by atomic mass is 9.88. The quantitative estimate of drug-likeness (QED) is 0.753. The molecular weight excluding hydrogens is 288 g/mol. The molecule has 0 saturated carbocycles. The molecule has 0 amide bonds. The third-order valence-corrected chi connectivity index (χ3v) is 4.37. The number of rotatable bonds is 7. The Morgan fingerprint density at radius 1 is 1.47 bits per heavy atom. The molecular formula is C12H19ClN2O3S. The van der Waals surface area contributed by atoms with Crippen LogP contribution < -0.4 is 4.72 Å². The smallest absolute Gasteiger partial charge is 0.240 e. The maximum Gasteiger partial charge on any atom is 0.240 e. The minimum atomic E-state index is -3.58. The van der Waals surface area contributed by atoms with Gasteiger partial charge in [-0.15, -0.1) is 0 Å². The number of sulfonamides is 1. The van der Waals surface area contributed by atoms with Crippen molar-refractivity contribution in [3.8, 4) is 0 Å². The predicted molar refractivity (Wildman–Crippen MR) is 74.5 cm³/mol.